The summed E-state index contributed by atoms with van der Waals surface area (Å²) >= 11 is 0. The molecular weight excluding hydrogens is 719 g/mol. The first-order chi connectivity index (χ1) is 29.2. The Morgan fingerprint density at radius 1 is 0.407 bits per heavy atom. The van der Waals surface area contributed by atoms with Crippen molar-refractivity contribution in [3.05, 3.63) is 218 Å². The molecule has 0 aliphatic heterocycles. The molecule has 0 radical (unpaired) electrons. The van der Waals surface area contributed by atoms with Crippen LogP contribution in [0.1, 0.15) is 5.56 Å². The van der Waals surface area contributed by atoms with Crippen molar-refractivity contribution < 1.29 is 0 Å². The predicted octanol–water partition coefficient (Wildman–Crippen LogP) is 13.9. The second kappa shape index (κ2) is 15.6. The van der Waals surface area contributed by atoms with Crippen molar-refractivity contribution in [3.8, 4) is 73.4 Å². The summed E-state index contributed by atoms with van der Waals surface area (Å²) in [7, 11) is 0. The fourth-order valence-corrected chi connectivity index (χ4v) is 8.09. The van der Waals surface area contributed by atoms with Crippen molar-refractivity contribution >= 4 is 22.3 Å². The monoisotopic (exact) mass is 757 g/mol. The van der Waals surface area contributed by atoms with Gasteiger partial charge in [0.15, 0.2) is 17.5 Å². The van der Waals surface area contributed by atoms with E-state index in [0.29, 0.717) is 17.5 Å². The minimum absolute atomic E-state index is 0.612. The molecule has 59 heavy (non-hydrogen) atoms. The minimum Gasteiger partial charge on any atom is -0.355 e. The molecule has 2 heterocycles. The number of benzene rings is 8. The second-order valence-electron chi connectivity index (χ2n) is 14.6. The maximum absolute atomic E-state index is 4.99. The number of anilines is 2. The molecule has 0 aliphatic rings. The number of aromatic nitrogens is 4. The average molecular weight is 758 g/mol. The van der Waals surface area contributed by atoms with E-state index in [9.17, 15) is 0 Å². The molecular formula is C54H39N5. The van der Waals surface area contributed by atoms with Crippen molar-refractivity contribution in [1.82, 2.24) is 19.5 Å². The van der Waals surface area contributed by atoms with Crippen molar-refractivity contribution in [2.24, 2.45) is 0 Å². The lowest BCUT2D eigenvalue weighted by molar-refractivity contribution is 1.07. The van der Waals surface area contributed by atoms with E-state index >= 15 is 0 Å². The summed E-state index contributed by atoms with van der Waals surface area (Å²) < 4.78 is 2.45. The van der Waals surface area contributed by atoms with Gasteiger partial charge in [0.05, 0.1) is 11.2 Å². The lowest BCUT2D eigenvalue weighted by Crippen LogP contribution is -2.01. The molecule has 10 rings (SSSR count). The van der Waals surface area contributed by atoms with Gasteiger partial charge in [0.25, 0.3) is 0 Å². The van der Waals surface area contributed by atoms with Gasteiger partial charge >= 0.3 is 0 Å². The Hall–Kier alpha value is -7.89. The van der Waals surface area contributed by atoms with Crippen LogP contribution >= 0.6 is 0 Å². The fourth-order valence-electron chi connectivity index (χ4n) is 8.09. The number of aryl methyl sites for hydroxylation is 1. The Balaban J connectivity index is 1.10. The molecule has 8 aromatic carbocycles. The van der Waals surface area contributed by atoms with Gasteiger partial charge in [0, 0.05) is 50.3 Å². The number of para-hydroxylation sites is 2. The second-order valence-corrected chi connectivity index (χ2v) is 14.6. The van der Waals surface area contributed by atoms with Crippen LogP contribution in [0.25, 0.3) is 84.3 Å². The molecule has 0 aliphatic carbocycles. The SMILES string of the molecule is Cc1c(-c2ccccc2Nc2cccc(-c3nc(-c4ccccc4)nc(-c4ccccc4)n3)c2)ccc2c(-c3ccccc3)c(-c3ccccc3)n(-c3ccccc3)c12. The minimum atomic E-state index is 0.612. The van der Waals surface area contributed by atoms with E-state index in [2.05, 4.69) is 168 Å². The lowest BCUT2D eigenvalue weighted by atomic mass is 9.94. The third-order valence-electron chi connectivity index (χ3n) is 10.8. The van der Waals surface area contributed by atoms with Crippen LogP contribution in [-0.2, 0) is 0 Å². The first-order valence-electron chi connectivity index (χ1n) is 19.9. The summed E-state index contributed by atoms with van der Waals surface area (Å²) in [6.45, 7) is 2.26. The summed E-state index contributed by atoms with van der Waals surface area (Å²) in [5.41, 5.74) is 15.2. The molecule has 1 N–H and O–H groups in total. The zero-order valence-corrected chi connectivity index (χ0v) is 32.5. The maximum atomic E-state index is 4.99. The Morgan fingerprint density at radius 3 is 1.51 bits per heavy atom. The molecule has 0 bridgehead atoms. The molecule has 10 aromatic rings. The molecule has 0 saturated heterocycles. The van der Waals surface area contributed by atoms with Gasteiger partial charge in [-0.25, -0.2) is 15.0 Å². The van der Waals surface area contributed by atoms with Crippen LogP contribution in [0.5, 0.6) is 0 Å². The highest BCUT2D eigenvalue weighted by Crippen LogP contribution is 2.46. The quantitative estimate of drug-likeness (QED) is 0.159. The number of hydrogen-bond donors (Lipinski definition) is 1. The smallest absolute Gasteiger partial charge is 0.164 e. The van der Waals surface area contributed by atoms with Crippen molar-refractivity contribution in [2.45, 2.75) is 6.92 Å². The van der Waals surface area contributed by atoms with E-state index < -0.39 is 0 Å². The van der Waals surface area contributed by atoms with Crippen LogP contribution in [0.15, 0.2) is 212 Å². The van der Waals surface area contributed by atoms with Crippen molar-refractivity contribution in [2.75, 3.05) is 5.32 Å². The summed E-state index contributed by atoms with van der Waals surface area (Å²) in [5.74, 6) is 1.88. The largest absolute Gasteiger partial charge is 0.355 e. The van der Waals surface area contributed by atoms with Gasteiger partial charge in [-0.15, -0.1) is 0 Å². The molecule has 5 heteroatoms. The number of hydrogen-bond acceptors (Lipinski definition) is 4. The van der Waals surface area contributed by atoms with Crippen LogP contribution < -0.4 is 5.32 Å². The standard InChI is InChI=1S/C54H39N5/c1-37-45(34-35-47-49(38-20-7-2-8-21-38)51(39-22-9-3-10-23-39)59(50(37)47)44-30-15-6-16-31-44)46-32-17-18-33-48(46)55-43-29-19-28-42(36-43)54-57-52(40-24-11-4-12-25-40)56-53(58-54)41-26-13-5-14-27-41/h2-36,55H,1H3. The average Bonchev–Trinajstić information content (AvgIpc) is 3.67. The van der Waals surface area contributed by atoms with Crippen LogP contribution in [-0.4, -0.2) is 19.5 Å². The van der Waals surface area contributed by atoms with Crippen LogP contribution in [0.3, 0.4) is 0 Å². The van der Waals surface area contributed by atoms with Gasteiger partial charge in [-0.05, 0) is 59.5 Å². The van der Waals surface area contributed by atoms with E-state index in [4.69, 9.17) is 15.0 Å². The molecule has 0 unspecified atom stereocenters. The lowest BCUT2D eigenvalue weighted by Gasteiger charge is -2.17. The highest BCUT2D eigenvalue weighted by atomic mass is 15.0. The van der Waals surface area contributed by atoms with Gasteiger partial charge < -0.3 is 9.88 Å². The molecule has 280 valence electrons. The van der Waals surface area contributed by atoms with E-state index in [1.54, 1.807) is 0 Å². The zero-order chi connectivity index (χ0) is 39.5. The normalized spacial score (nSPS) is 11.1. The van der Waals surface area contributed by atoms with E-state index in [1.807, 2.05) is 60.7 Å². The summed E-state index contributed by atoms with van der Waals surface area (Å²) in [6.07, 6.45) is 0. The molecule has 0 fully saturated rings. The van der Waals surface area contributed by atoms with Crippen LogP contribution in [0.2, 0.25) is 0 Å². The highest BCUT2D eigenvalue weighted by Gasteiger charge is 2.24. The maximum Gasteiger partial charge on any atom is 0.164 e. The number of nitrogens with zero attached hydrogens (tertiary/aromatic N) is 4. The molecule has 0 amide bonds. The summed E-state index contributed by atoms with van der Waals surface area (Å²) in [5, 5.41) is 4.99. The van der Waals surface area contributed by atoms with Gasteiger partial charge in [-0.3, -0.25) is 0 Å². The molecule has 2 aromatic heterocycles. The van der Waals surface area contributed by atoms with Crippen molar-refractivity contribution in [3.63, 3.8) is 0 Å². The first kappa shape index (κ1) is 35.5. The Labute approximate surface area is 344 Å². The third kappa shape index (κ3) is 6.85. The van der Waals surface area contributed by atoms with Crippen LogP contribution in [0, 0.1) is 6.92 Å². The van der Waals surface area contributed by atoms with Gasteiger partial charge in [-0.2, -0.15) is 0 Å². The number of nitrogens with one attached hydrogen (secondary N) is 1. The van der Waals surface area contributed by atoms with E-state index in [-0.39, 0.29) is 0 Å². The summed E-state index contributed by atoms with van der Waals surface area (Å²) in [6, 6.07) is 73.8. The van der Waals surface area contributed by atoms with Gasteiger partial charge in [0.1, 0.15) is 0 Å². The summed E-state index contributed by atoms with van der Waals surface area (Å²) in [4.78, 5) is 14.9. The van der Waals surface area contributed by atoms with Gasteiger partial charge in [-0.1, -0.05) is 182 Å². The number of fused-ring (bicyclic) bond motifs is 1. The predicted molar refractivity (Wildman–Crippen MR) is 244 cm³/mol. The zero-order valence-electron chi connectivity index (χ0n) is 32.5. The van der Waals surface area contributed by atoms with Crippen LogP contribution in [0.4, 0.5) is 11.4 Å². The fraction of sp³-hybridized carbons (Fsp3) is 0.0185. The van der Waals surface area contributed by atoms with E-state index in [0.717, 1.165) is 44.9 Å². The Bertz CT molecular complexity index is 2990. The van der Waals surface area contributed by atoms with Crippen molar-refractivity contribution in [1.29, 1.82) is 0 Å². The molecule has 5 nitrogen and oxygen atoms in total. The first-order valence-corrected chi connectivity index (χ1v) is 19.9. The molecule has 0 saturated carbocycles. The van der Waals surface area contributed by atoms with E-state index in [1.165, 1.54) is 38.9 Å². The molecule has 0 spiro atoms. The highest BCUT2D eigenvalue weighted by molar-refractivity contribution is 6.09. The Morgan fingerprint density at radius 2 is 0.898 bits per heavy atom. The molecule has 0 atom stereocenters. The Kier molecular flexibility index (Phi) is 9.37. The third-order valence-corrected chi connectivity index (χ3v) is 10.8. The van der Waals surface area contributed by atoms with Gasteiger partial charge in [0.2, 0.25) is 0 Å². The number of rotatable bonds is 9. The topological polar surface area (TPSA) is 55.6 Å².